The van der Waals surface area contributed by atoms with Crippen LogP contribution in [-0.4, -0.2) is 70.7 Å². The number of benzene rings is 2. The van der Waals surface area contributed by atoms with E-state index in [9.17, 15) is 19.5 Å². The van der Waals surface area contributed by atoms with Crippen LogP contribution in [0.3, 0.4) is 0 Å². The lowest BCUT2D eigenvalue weighted by Gasteiger charge is -2.39. The zero-order chi connectivity index (χ0) is 31.8. The minimum atomic E-state index is -1.21. The van der Waals surface area contributed by atoms with E-state index in [1.54, 1.807) is 26.9 Å². The second-order valence-electron chi connectivity index (χ2n) is 12.4. The maximum Gasteiger partial charge on any atom is 0.253 e. The number of fused-ring (bicyclic) bond motifs is 1. The molecule has 8 heteroatoms. The standard InChI is InChI=1S/C36H45N3O5/c1-7-20-37(27-14-12-11-13-15-27)32(41)29-30-33(42)39(26(9-3)23-40)31(36(30)19-18-35(29,10-4)44-36)34(43)38(21-8-2)28-22-24(5)16-17-25(28)6/h7-8,11-17,22,26,29-31,40H,1-2,9-10,18-21,23H2,3-6H3/t26-,29-,30-,31?,35+,36?/m0/s1. The second kappa shape index (κ2) is 12.3. The van der Waals surface area contributed by atoms with Gasteiger partial charge in [0.1, 0.15) is 11.6 Å². The van der Waals surface area contributed by atoms with E-state index in [0.29, 0.717) is 31.4 Å². The van der Waals surface area contributed by atoms with Crippen LogP contribution in [0, 0.1) is 25.7 Å². The van der Waals surface area contributed by atoms with Gasteiger partial charge in [-0.1, -0.05) is 56.3 Å². The predicted molar refractivity (Wildman–Crippen MR) is 172 cm³/mol. The molecule has 3 aliphatic rings. The lowest BCUT2D eigenvalue weighted by molar-refractivity contribution is -0.149. The molecule has 3 amide bonds. The summed E-state index contributed by atoms with van der Waals surface area (Å²) < 4.78 is 7.02. The number of likely N-dealkylation sites (tertiary alicyclic amines) is 1. The van der Waals surface area contributed by atoms with E-state index in [4.69, 9.17) is 4.74 Å². The van der Waals surface area contributed by atoms with Crippen molar-refractivity contribution in [1.82, 2.24) is 4.90 Å². The van der Waals surface area contributed by atoms with Crippen molar-refractivity contribution in [2.75, 3.05) is 29.5 Å². The Morgan fingerprint density at radius 2 is 1.73 bits per heavy atom. The van der Waals surface area contributed by atoms with Crippen LogP contribution in [0.5, 0.6) is 0 Å². The summed E-state index contributed by atoms with van der Waals surface area (Å²) in [4.78, 5) is 49.3. The van der Waals surface area contributed by atoms with Gasteiger partial charge in [-0.05, 0) is 68.9 Å². The largest absolute Gasteiger partial charge is 0.394 e. The molecule has 2 unspecified atom stereocenters. The third-order valence-corrected chi connectivity index (χ3v) is 10.1. The van der Waals surface area contributed by atoms with E-state index in [1.807, 2.05) is 76.2 Å². The topological polar surface area (TPSA) is 90.4 Å². The zero-order valence-electron chi connectivity index (χ0n) is 26.4. The Balaban J connectivity index is 1.66. The Kier molecular flexibility index (Phi) is 8.87. The summed E-state index contributed by atoms with van der Waals surface area (Å²) in [5.74, 6) is -2.45. The number of rotatable bonds is 12. The van der Waals surface area contributed by atoms with Gasteiger partial charge in [-0.3, -0.25) is 14.4 Å². The number of para-hydroxylation sites is 1. The fraction of sp³-hybridized carbons (Fsp3) is 0.472. The summed E-state index contributed by atoms with van der Waals surface area (Å²) in [6.45, 7) is 15.8. The molecular formula is C36H45N3O5. The van der Waals surface area contributed by atoms with Crippen molar-refractivity contribution in [1.29, 1.82) is 0 Å². The molecule has 0 radical (unpaired) electrons. The minimum absolute atomic E-state index is 0.208. The highest BCUT2D eigenvalue weighted by Crippen LogP contribution is 2.65. The van der Waals surface area contributed by atoms with Gasteiger partial charge in [0.2, 0.25) is 11.8 Å². The number of aliphatic hydroxyl groups excluding tert-OH is 1. The van der Waals surface area contributed by atoms with Gasteiger partial charge < -0.3 is 24.5 Å². The lowest BCUT2D eigenvalue weighted by Crippen LogP contribution is -2.59. The molecule has 2 bridgehead atoms. The van der Waals surface area contributed by atoms with Crippen molar-refractivity contribution in [3.8, 4) is 0 Å². The molecule has 3 fully saturated rings. The SMILES string of the molecule is C=CCN(C(=O)[C@@H]1[C@H]2C(=O)N([C@@H](CC)CO)C(C(=O)N(CC=C)c3cc(C)ccc3C)C23CC[C@@]1(CC)O3)c1ccccc1. The number of carbonyl (C=O) groups is 3. The molecule has 3 heterocycles. The molecule has 234 valence electrons. The number of hydrogen-bond acceptors (Lipinski definition) is 5. The van der Waals surface area contributed by atoms with E-state index in [-0.39, 0.29) is 37.4 Å². The molecule has 5 rings (SSSR count). The Labute approximate surface area is 261 Å². The number of nitrogens with zero attached hydrogens (tertiary/aromatic N) is 3. The molecule has 1 N–H and O–H groups in total. The van der Waals surface area contributed by atoms with Crippen molar-refractivity contribution >= 4 is 29.1 Å². The summed E-state index contributed by atoms with van der Waals surface area (Å²) >= 11 is 0. The van der Waals surface area contributed by atoms with Crippen LogP contribution in [0.1, 0.15) is 50.7 Å². The van der Waals surface area contributed by atoms with Crippen LogP contribution >= 0.6 is 0 Å². The van der Waals surface area contributed by atoms with Crippen LogP contribution < -0.4 is 9.80 Å². The number of ether oxygens (including phenoxy) is 1. The van der Waals surface area contributed by atoms with Crippen LogP contribution in [0.25, 0.3) is 0 Å². The fourth-order valence-electron chi connectivity index (χ4n) is 7.94. The number of aryl methyl sites for hydroxylation is 2. The van der Waals surface area contributed by atoms with E-state index in [1.165, 1.54) is 0 Å². The molecular weight excluding hydrogens is 554 g/mol. The predicted octanol–water partition coefficient (Wildman–Crippen LogP) is 4.97. The molecule has 8 nitrogen and oxygen atoms in total. The number of anilines is 2. The second-order valence-corrected chi connectivity index (χ2v) is 12.4. The molecule has 0 aromatic heterocycles. The van der Waals surface area contributed by atoms with Crippen LogP contribution in [0.2, 0.25) is 0 Å². The van der Waals surface area contributed by atoms with Gasteiger partial charge in [-0.25, -0.2) is 0 Å². The Morgan fingerprint density at radius 1 is 1.05 bits per heavy atom. The lowest BCUT2D eigenvalue weighted by atomic mass is 9.64. The van der Waals surface area contributed by atoms with Gasteiger partial charge in [-0.2, -0.15) is 0 Å². The highest BCUT2D eigenvalue weighted by Gasteiger charge is 2.79. The third-order valence-electron chi connectivity index (χ3n) is 10.1. The number of aliphatic hydroxyl groups is 1. The van der Waals surface area contributed by atoms with Crippen molar-refractivity contribution in [2.24, 2.45) is 11.8 Å². The molecule has 3 saturated heterocycles. The van der Waals surface area contributed by atoms with Crippen LogP contribution in [0.15, 0.2) is 73.8 Å². The van der Waals surface area contributed by atoms with Crippen LogP contribution in [0.4, 0.5) is 11.4 Å². The first-order valence-electron chi connectivity index (χ1n) is 15.7. The maximum absolute atomic E-state index is 15.0. The molecule has 0 aliphatic carbocycles. The summed E-state index contributed by atoms with van der Waals surface area (Å²) in [5, 5.41) is 10.5. The van der Waals surface area contributed by atoms with E-state index in [0.717, 1.165) is 16.8 Å². The third kappa shape index (κ3) is 4.79. The van der Waals surface area contributed by atoms with Gasteiger partial charge >= 0.3 is 0 Å². The highest BCUT2D eigenvalue weighted by molar-refractivity contribution is 6.07. The monoisotopic (exact) mass is 599 g/mol. The molecule has 2 aromatic carbocycles. The minimum Gasteiger partial charge on any atom is -0.394 e. The number of hydrogen-bond donors (Lipinski definition) is 1. The van der Waals surface area contributed by atoms with Crippen molar-refractivity contribution in [2.45, 2.75) is 76.7 Å². The van der Waals surface area contributed by atoms with E-state index in [2.05, 4.69) is 13.2 Å². The highest BCUT2D eigenvalue weighted by atomic mass is 16.5. The summed E-state index contributed by atoms with van der Waals surface area (Å²) in [6.07, 6.45) is 5.36. The van der Waals surface area contributed by atoms with Gasteiger partial charge in [0.15, 0.2) is 0 Å². The molecule has 2 aromatic rings. The smallest absolute Gasteiger partial charge is 0.253 e. The van der Waals surface area contributed by atoms with Crippen molar-refractivity contribution in [3.63, 3.8) is 0 Å². The van der Waals surface area contributed by atoms with Gasteiger partial charge in [0, 0.05) is 24.5 Å². The average molecular weight is 600 g/mol. The van der Waals surface area contributed by atoms with E-state index < -0.39 is 35.1 Å². The molecule has 0 saturated carbocycles. The Bertz CT molecular complexity index is 1440. The first-order valence-corrected chi connectivity index (χ1v) is 15.7. The Hall–Kier alpha value is -3.75. The van der Waals surface area contributed by atoms with Gasteiger partial charge in [-0.15, -0.1) is 13.2 Å². The zero-order valence-corrected chi connectivity index (χ0v) is 26.4. The number of carbonyl (C=O) groups excluding carboxylic acids is 3. The molecule has 6 atom stereocenters. The average Bonchev–Trinajstić information content (AvgIpc) is 3.64. The Morgan fingerprint density at radius 3 is 2.34 bits per heavy atom. The molecule has 44 heavy (non-hydrogen) atoms. The number of amides is 3. The molecule has 3 aliphatic heterocycles. The molecule has 1 spiro atoms. The normalized spacial score (nSPS) is 27.6. The van der Waals surface area contributed by atoms with Gasteiger partial charge in [0.25, 0.3) is 5.91 Å². The summed E-state index contributed by atoms with van der Waals surface area (Å²) in [5.41, 5.74) is 1.28. The first kappa shape index (κ1) is 31.7. The fourth-order valence-corrected chi connectivity index (χ4v) is 7.94. The first-order chi connectivity index (χ1) is 21.1. The van der Waals surface area contributed by atoms with Crippen molar-refractivity contribution < 1.29 is 24.2 Å². The van der Waals surface area contributed by atoms with Crippen LogP contribution in [-0.2, 0) is 19.1 Å². The summed E-state index contributed by atoms with van der Waals surface area (Å²) in [7, 11) is 0. The van der Waals surface area contributed by atoms with Crippen molar-refractivity contribution in [3.05, 3.63) is 85.0 Å². The maximum atomic E-state index is 15.0. The quantitative estimate of drug-likeness (QED) is 0.348. The van der Waals surface area contributed by atoms with Gasteiger partial charge in [0.05, 0.1) is 30.1 Å². The summed E-state index contributed by atoms with van der Waals surface area (Å²) in [6, 6.07) is 13.7. The van der Waals surface area contributed by atoms with E-state index >= 15 is 0 Å².